The van der Waals surface area contributed by atoms with Crippen molar-refractivity contribution in [1.82, 2.24) is 4.98 Å². The second kappa shape index (κ2) is 3.75. The van der Waals surface area contributed by atoms with Crippen molar-refractivity contribution >= 4 is 17.2 Å². The molecule has 2 rings (SSSR count). The molecule has 2 aromatic rings. The van der Waals surface area contributed by atoms with E-state index in [2.05, 4.69) is 4.98 Å². The molecule has 0 aliphatic rings. The zero-order chi connectivity index (χ0) is 9.80. The predicted octanol–water partition coefficient (Wildman–Crippen LogP) is 2.75. The van der Waals surface area contributed by atoms with Gasteiger partial charge in [-0.05, 0) is 17.7 Å². The Morgan fingerprint density at radius 3 is 3.29 bits per heavy atom. The van der Waals surface area contributed by atoms with Gasteiger partial charge < -0.3 is 4.42 Å². The lowest BCUT2D eigenvalue weighted by Gasteiger charge is -1.91. The van der Waals surface area contributed by atoms with Crippen molar-refractivity contribution in [2.75, 3.05) is 0 Å². The standard InChI is InChI=1S/C11H8N2O/c12-6-2-1-3-9-4-5-11-10(7-9)13-8-14-11/h1,3-5,7-8H,2H2. The van der Waals surface area contributed by atoms with Crippen LogP contribution in [0.5, 0.6) is 0 Å². The van der Waals surface area contributed by atoms with Gasteiger partial charge in [-0.15, -0.1) is 0 Å². The molecule has 0 amide bonds. The molecule has 1 aromatic heterocycles. The Bertz CT molecular complexity index is 505. The predicted molar refractivity (Wildman–Crippen MR) is 53.3 cm³/mol. The lowest BCUT2D eigenvalue weighted by molar-refractivity contribution is 0.602. The minimum Gasteiger partial charge on any atom is -0.443 e. The number of hydrogen-bond acceptors (Lipinski definition) is 3. The molecule has 0 saturated carbocycles. The van der Waals surface area contributed by atoms with Gasteiger partial charge in [0.05, 0.1) is 12.5 Å². The number of benzene rings is 1. The normalized spacial score (nSPS) is 10.8. The summed E-state index contributed by atoms with van der Waals surface area (Å²) in [6, 6.07) is 7.77. The van der Waals surface area contributed by atoms with E-state index in [0.29, 0.717) is 6.42 Å². The third kappa shape index (κ3) is 1.64. The summed E-state index contributed by atoms with van der Waals surface area (Å²) in [6.07, 6.45) is 5.57. The van der Waals surface area contributed by atoms with Gasteiger partial charge >= 0.3 is 0 Å². The molecule has 0 bridgehead atoms. The molecule has 0 saturated heterocycles. The average molecular weight is 184 g/mol. The van der Waals surface area contributed by atoms with Crippen molar-refractivity contribution in [3.8, 4) is 6.07 Å². The Labute approximate surface area is 81.3 Å². The number of hydrogen-bond donors (Lipinski definition) is 0. The maximum absolute atomic E-state index is 8.35. The minimum absolute atomic E-state index is 0.427. The van der Waals surface area contributed by atoms with Crippen LogP contribution in [-0.2, 0) is 0 Å². The van der Waals surface area contributed by atoms with Gasteiger partial charge in [-0.2, -0.15) is 5.26 Å². The smallest absolute Gasteiger partial charge is 0.181 e. The van der Waals surface area contributed by atoms with Crippen molar-refractivity contribution in [2.24, 2.45) is 0 Å². The summed E-state index contributed by atoms with van der Waals surface area (Å²) in [4.78, 5) is 4.04. The molecule has 0 spiro atoms. The highest BCUT2D eigenvalue weighted by Crippen LogP contribution is 2.14. The van der Waals surface area contributed by atoms with Crippen molar-refractivity contribution in [1.29, 1.82) is 5.26 Å². The van der Waals surface area contributed by atoms with Crippen LogP contribution in [0, 0.1) is 11.3 Å². The van der Waals surface area contributed by atoms with Gasteiger partial charge in [-0.25, -0.2) is 4.98 Å². The molecule has 3 nitrogen and oxygen atoms in total. The van der Waals surface area contributed by atoms with Crippen LogP contribution in [0.25, 0.3) is 17.2 Å². The molecular weight excluding hydrogens is 176 g/mol. The third-order valence-electron chi connectivity index (χ3n) is 1.87. The van der Waals surface area contributed by atoms with E-state index < -0.39 is 0 Å². The van der Waals surface area contributed by atoms with Crippen LogP contribution < -0.4 is 0 Å². The van der Waals surface area contributed by atoms with Crippen molar-refractivity contribution in [2.45, 2.75) is 6.42 Å². The van der Waals surface area contributed by atoms with E-state index in [0.717, 1.165) is 16.7 Å². The van der Waals surface area contributed by atoms with Crippen LogP contribution in [-0.4, -0.2) is 4.98 Å². The van der Waals surface area contributed by atoms with Crippen LogP contribution in [0.3, 0.4) is 0 Å². The number of rotatable bonds is 2. The molecule has 14 heavy (non-hydrogen) atoms. The molecule has 1 heterocycles. The van der Waals surface area contributed by atoms with Crippen LogP contribution in [0.2, 0.25) is 0 Å². The monoisotopic (exact) mass is 184 g/mol. The van der Waals surface area contributed by atoms with E-state index in [1.165, 1.54) is 6.39 Å². The van der Waals surface area contributed by atoms with E-state index in [4.69, 9.17) is 9.68 Å². The summed E-state index contributed by atoms with van der Waals surface area (Å²) < 4.78 is 5.11. The Morgan fingerprint density at radius 1 is 1.50 bits per heavy atom. The van der Waals surface area contributed by atoms with Crippen molar-refractivity contribution in [3.63, 3.8) is 0 Å². The van der Waals surface area contributed by atoms with Gasteiger partial charge in [0, 0.05) is 0 Å². The van der Waals surface area contributed by atoms with E-state index in [1.54, 1.807) is 0 Å². The topological polar surface area (TPSA) is 49.8 Å². The molecule has 3 heteroatoms. The molecule has 68 valence electrons. The molecular formula is C11H8N2O. The Kier molecular flexibility index (Phi) is 2.28. The van der Waals surface area contributed by atoms with Crippen LogP contribution >= 0.6 is 0 Å². The van der Waals surface area contributed by atoms with Crippen molar-refractivity contribution in [3.05, 3.63) is 36.2 Å². The van der Waals surface area contributed by atoms with Gasteiger partial charge in [0.2, 0.25) is 0 Å². The van der Waals surface area contributed by atoms with Crippen LogP contribution in [0.4, 0.5) is 0 Å². The first-order chi connectivity index (χ1) is 6.90. The van der Waals surface area contributed by atoms with Gasteiger partial charge in [-0.1, -0.05) is 18.2 Å². The molecule has 0 unspecified atom stereocenters. The largest absolute Gasteiger partial charge is 0.443 e. The molecule has 0 radical (unpaired) electrons. The van der Waals surface area contributed by atoms with Gasteiger partial charge in [0.25, 0.3) is 0 Å². The molecule has 0 fully saturated rings. The van der Waals surface area contributed by atoms with Crippen LogP contribution in [0.15, 0.2) is 35.1 Å². The number of aromatic nitrogens is 1. The van der Waals surface area contributed by atoms with E-state index in [1.807, 2.05) is 36.4 Å². The van der Waals surface area contributed by atoms with E-state index in [-0.39, 0.29) is 0 Å². The maximum Gasteiger partial charge on any atom is 0.181 e. The van der Waals surface area contributed by atoms with Gasteiger partial charge in [-0.3, -0.25) is 0 Å². The van der Waals surface area contributed by atoms with Gasteiger partial charge in [0.15, 0.2) is 12.0 Å². The Morgan fingerprint density at radius 2 is 2.43 bits per heavy atom. The molecule has 0 aliphatic carbocycles. The Balaban J connectivity index is 2.31. The maximum atomic E-state index is 8.35. The summed E-state index contributed by atoms with van der Waals surface area (Å²) in [7, 11) is 0. The van der Waals surface area contributed by atoms with Crippen molar-refractivity contribution < 1.29 is 4.42 Å². The SMILES string of the molecule is N#CCC=Cc1ccc2ocnc2c1. The number of fused-ring (bicyclic) bond motifs is 1. The summed E-state index contributed by atoms with van der Waals surface area (Å²) in [5, 5.41) is 8.35. The number of allylic oxidation sites excluding steroid dienone is 1. The van der Waals surface area contributed by atoms with E-state index >= 15 is 0 Å². The average Bonchev–Trinajstić information content (AvgIpc) is 2.65. The molecule has 0 aliphatic heterocycles. The first-order valence-electron chi connectivity index (χ1n) is 4.27. The van der Waals surface area contributed by atoms with Crippen LogP contribution in [0.1, 0.15) is 12.0 Å². The first kappa shape index (κ1) is 8.52. The number of oxazole rings is 1. The minimum atomic E-state index is 0.427. The second-order valence-electron chi connectivity index (χ2n) is 2.84. The summed E-state index contributed by atoms with van der Waals surface area (Å²) in [5.74, 6) is 0. The highest BCUT2D eigenvalue weighted by Gasteiger charge is 1.96. The summed E-state index contributed by atoms with van der Waals surface area (Å²) in [5.41, 5.74) is 2.65. The fraction of sp³-hybridized carbons (Fsp3) is 0.0909. The zero-order valence-electron chi connectivity index (χ0n) is 7.47. The number of nitrogens with zero attached hydrogens (tertiary/aromatic N) is 2. The summed E-state index contributed by atoms with van der Waals surface area (Å²) in [6.45, 7) is 0. The lowest BCUT2D eigenvalue weighted by Crippen LogP contribution is -1.72. The third-order valence-corrected chi connectivity index (χ3v) is 1.87. The number of nitriles is 1. The molecule has 0 atom stereocenters. The molecule has 0 N–H and O–H groups in total. The highest BCUT2D eigenvalue weighted by molar-refractivity contribution is 5.75. The molecule has 1 aromatic carbocycles. The second-order valence-corrected chi connectivity index (χ2v) is 2.84. The summed E-state index contributed by atoms with van der Waals surface area (Å²) >= 11 is 0. The van der Waals surface area contributed by atoms with Gasteiger partial charge in [0.1, 0.15) is 5.52 Å². The fourth-order valence-corrected chi connectivity index (χ4v) is 1.23. The fourth-order valence-electron chi connectivity index (χ4n) is 1.23. The zero-order valence-corrected chi connectivity index (χ0v) is 7.47. The Hall–Kier alpha value is -2.08. The highest BCUT2D eigenvalue weighted by atomic mass is 16.3. The van der Waals surface area contributed by atoms with E-state index in [9.17, 15) is 0 Å². The quantitative estimate of drug-likeness (QED) is 0.721. The first-order valence-corrected chi connectivity index (χ1v) is 4.27. The lowest BCUT2D eigenvalue weighted by atomic mass is 10.2.